The van der Waals surface area contributed by atoms with Gasteiger partial charge in [-0.1, -0.05) is 0 Å². The first kappa shape index (κ1) is 18.7. The zero-order chi connectivity index (χ0) is 19.2. The molecule has 0 aliphatic rings. The number of carbonyl (C=O) groups excluding carboxylic acids is 2. The second-order valence-electron chi connectivity index (χ2n) is 5.55. The first-order valence-corrected chi connectivity index (χ1v) is 8.93. The monoisotopic (exact) mass is 391 g/mol. The van der Waals surface area contributed by atoms with Crippen LogP contribution in [0.15, 0.2) is 46.4 Å². The summed E-state index contributed by atoms with van der Waals surface area (Å²) < 4.78 is 31.2. The lowest BCUT2D eigenvalue weighted by molar-refractivity contribution is -0.116. The van der Waals surface area contributed by atoms with Crippen LogP contribution < -0.4 is 10.6 Å². The third-order valence-electron chi connectivity index (χ3n) is 3.58. The highest BCUT2D eigenvalue weighted by Gasteiger charge is 2.11. The Hall–Kier alpha value is -3.07. The van der Waals surface area contributed by atoms with Crippen LogP contribution in [-0.2, 0) is 4.79 Å². The minimum atomic E-state index is -0.956. The summed E-state index contributed by atoms with van der Waals surface area (Å²) in [6.45, 7) is 0.324. The number of benzene rings is 1. The van der Waals surface area contributed by atoms with Crippen molar-refractivity contribution >= 4 is 28.3 Å². The molecule has 9 heteroatoms. The molecule has 2 heterocycles. The third-order valence-corrected chi connectivity index (χ3v) is 4.33. The summed E-state index contributed by atoms with van der Waals surface area (Å²) in [7, 11) is 0. The number of hydrogen-bond acceptors (Lipinski definition) is 5. The zero-order valence-electron chi connectivity index (χ0n) is 14.0. The molecule has 3 rings (SSSR count). The molecule has 140 valence electrons. The lowest BCUT2D eigenvalue weighted by Gasteiger charge is -2.03. The van der Waals surface area contributed by atoms with E-state index in [1.165, 1.54) is 23.7 Å². The summed E-state index contributed by atoms with van der Waals surface area (Å²) in [5.41, 5.74) is 0.867. The standard InChI is InChI=1S/C18H15F2N3O3S/c19-12-6-5-11(9-13(12)20)14-10-27-18(22-14)23-16(24)4-1-7-21-17(25)15-3-2-8-26-15/h2-3,5-6,8-10H,1,4,7H2,(H,21,25)(H,22,23,24). The van der Waals surface area contributed by atoms with E-state index < -0.39 is 11.6 Å². The molecule has 2 amide bonds. The van der Waals surface area contributed by atoms with Gasteiger partial charge in [-0.05, 0) is 36.8 Å². The number of aromatic nitrogens is 1. The van der Waals surface area contributed by atoms with Crippen LogP contribution in [0.4, 0.5) is 13.9 Å². The molecule has 0 radical (unpaired) electrons. The van der Waals surface area contributed by atoms with Crippen molar-refractivity contribution in [3.8, 4) is 11.3 Å². The third kappa shape index (κ3) is 4.98. The first-order chi connectivity index (χ1) is 13.0. The molecular formula is C18H15F2N3O3S. The number of nitrogens with one attached hydrogen (secondary N) is 2. The highest BCUT2D eigenvalue weighted by molar-refractivity contribution is 7.14. The van der Waals surface area contributed by atoms with Crippen LogP contribution in [0, 0.1) is 11.6 Å². The van der Waals surface area contributed by atoms with E-state index in [4.69, 9.17) is 4.42 Å². The summed E-state index contributed by atoms with van der Waals surface area (Å²) in [6.07, 6.45) is 2.04. The summed E-state index contributed by atoms with van der Waals surface area (Å²) in [5, 5.41) is 7.30. The summed E-state index contributed by atoms with van der Waals surface area (Å²) >= 11 is 1.18. The zero-order valence-corrected chi connectivity index (χ0v) is 14.8. The van der Waals surface area contributed by atoms with E-state index in [9.17, 15) is 18.4 Å². The molecule has 0 aliphatic carbocycles. The van der Waals surface area contributed by atoms with Gasteiger partial charge < -0.3 is 15.1 Å². The van der Waals surface area contributed by atoms with Gasteiger partial charge in [-0.3, -0.25) is 9.59 Å². The van der Waals surface area contributed by atoms with Crippen molar-refractivity contribution in [1.29, 1.82) is 0 Å². The predicted molar refractivity (Wildman–Crippen MR) is 96.4 cm³/mol. The van der Waals surface area contributed by atoms with Gasteiger partial charge in [0.05, 0.1) is 12.0 Å². The molecule has 2 aromatic heterocycles. The van der Waals surface area contributed by atoms with Crippen molar-refractivity contribution in [2.24, 2.45) is 0 Å². The van der Waals surface area contributed by atoms with Gasteiger partial charge >= 0.3 is 0 Å². The van der Waals surface area contributed by atoms with Crippen LogP contribution in [0.5, 0.6) is 0 Å². The SMILES string of the molecule is O=C(CCCNC(=O)c1ccco1)Nc1nc(-c2ccc(F)c(F)c2)cs1. The van der Waals surface area contributed by atoms with E-state index in [0.717, 1.165) is 12.1 Å². The minimum Gasteiger partial charge on any atom is -0.459 e. The number of nitrogens with zero attached hydrogens (tertiary/aromatic N) is 1. The Bertz CT molecular complexity index is 941. The minimum absolute atomic E-state index is 0.193. The molecule has 6 nitrogen and oxygen atoms in total. The Morgan fingerprint density at radius 1 is 1.19 bits per heavy atom. The lowest BCUT2D eigenvalue weighted by atomic mass is 10.2. The molecule has 0 unspecified atom stereocenters. The molecule has 27 heavy (non-hydrogen) atoms. The Kier molecular flexibility index (Phi) is 5.92. The van der Waals surface area contributed by atoms with Gasteiger partial charge in [-0.2, -0.15) is 0 Å². The van der Waals surface area contributed by atoms with Crippen molar-refractivity contribution in [3.63, 3.8) is 0 Å². The van der Waals surface area contributed by atoms with E-state index in [-0.39, 0.29) is 24.0 Å². The van der Waals surface area contributed by atoms with Gasteiger partial charge in [0.1, 0.15) is 0 Å². The summed E-state index contributed by atoms with van der Waals surface area (Å²) in [4.78, 5) is 27.8. The fourth-order valence-corrected chi connectivity index (χ4v) is 2.98. The number of amides is 2. The number of thiazole rings is 1. The molecule has 0 bridgehead atoms. The van der Waals surface area contributed by atoms with Crippen LogP contribution in [0.25, 0.3) is 11.3 Å². The second-order valence-corrected chi connectivity index (χ2v) is 6.41. The van der Waals surface area contributed by atoms with E-state index in [1.807, 2.05) is 0 Å². The van der Waals surface area contributed by atoms with E-state index in [1.54, 1.807) is 17.5 Å². The Labute approximate surface area is 157 Å². The number of furan rings is 1. The Balaban J connectivity index is 1.45. The number of anilines is 1. The smallest absolute Gasteiger partial charge is 0.286 e. The quantitative estimate of drug-likeness (QED) is 0.600. The van der Waals surface area contributed by atoms with E-state index >= 15 is 0 Å². The second kappa shape index (κ2) is 8.54. The molecule has 3 aromatic rings. The summed E-state index contributed by atoms with van der Waals surface area (Å²) in [6, 6.07) is 6.66. The molecule has 0 saturated heterocycles. The maximum Gasteiger partial charge on any atom is 0.286 e. The van der Waals surface area contributed by atoms with Gasteiger partial charge in [0.15, 0.2) is 22.5 Å². The molecule has 1 aromatic carbocycles. The first-order valence-electron chi connectivity index (χ1n) is 8.05. The van der Waals surface area contributed by atoms with Crippen LogP contribution >= 0.6 is 11.3 Å². The van der Waals surface area contributed by atoms with Crippen LogP contribution in [-0.4, -0.2) is 23.3 Å². The molecule has 0 saturated carbocycles. The number of halogens is 2. The Morgan fingerprint density at radius 3 is 2.78 bits per heavy atom. The van der Waals surface area contributed by atoms with Crippen molar-refractivity contribution in [2.45, 2.75) is 12.8 Å². The molecule has 0 fully saturated rings. The lowest BCUT2D eigenvalue weighted by Crippen LogP contribution is -2.25. The Morgan fingerprint density at radius 2 is 2.04 bits per heavy atom. The fraction of sp³-hybridized carbons (Fsp3) is 0.167. The number of hydrogen-bond donors (Lipinski definition) is 2. The maximum atomic E-state index is 13.3. The van der Waals surface area contributed by atoms with Gasteiger partial charge in [-0.25, -0.2) is 13.8 Å². The highest BCUT2D eigenvalue weighted by atomic mass is 32.1. The maximum absolute atomic E-state index is 13.3. The van der Waals surface area contributed by atoms with Crippen molar-refractivity contribution < 1.29 is 22.8 Å². The van der Waals surface area contributed by atoms with Gasteiger partial charge in [0.2, 0.25) is 5.91 Å². The van der Waals surface area contributed by atoms with Crippen molar-refractivity contribution in [2.75, 3.05) is 11.9 Å². The average molecular weight is 391 g/mol. The largest absolute Gasteiger partial charge is 0.459 e. The van der Waals surface area contributed by atoms with E-state index in [2.05, 4.69) is 15.6 Å². The molecular weight excluding hydrogens is 376 g/mol. The van der Waals surface area contributed by atoms with Crippen LogP contribution in [0.2, 0.25) is 0 Å². The number of carbonyl (C=O) groups is 2. The molecule has 2 N–H and O–H groups in total. The topological polar surface area (TPSA) is 84.2 Å². The highest BCUT2D eigenvalue weighted by Crippen LogP contribution is 2.26. The average Bonchev–Trinajstić information content (AvgIpc) is 3.33. The van der Waals surface area contributed by atoms with E-state index in [0.29, 0.717) is 29.4 Å². The van der Waals surface area contributed by atoms with Crippen LogP contribution in [0.3, 0.4) is 0 Å². The van der Waals surface area contributed by atoms with Gasteiger partial charge in [0.25, 0.3) is 5.91 Å². The summed E-state index contributed by atoms with van der Waals surface area (Å²) in [5.74, 6) is -2.26. The van der Waals surface area contributed by atoms with Crippen molar-refractivity contribution in [3.05, 3.63) is 59.4 Å². The fourth-order valence-electron chi connectivity index (χ4n) is 2.25. The molecule has 0 spiro atoms. The van der Waals surface area contributed by atoms with Crippen LogP contribution in [0.1, 0.15) is 23.4 Å². The number of rotatable bonds is 7. The molecule has 0 atom stereocenters. The van der Waals surface area contributed by atoms with Crippen molar-refractivity contribution in [1.82, 2.24) is 10.3 Å². The normalized spacial score (nSPS) is 10.6. The van der Waals surface area contributed by atoms with Gasteiger partial charge in [-0.15, -0.1) is 11.3 Å². The predicted octanol–water partition coefficient (Wildman–Crippen LogP) is 3.83. The van der Waals surface area contributed by atoms with Gasteiger partial charge in [0, 0.05) is 23.9 Å². The molecule has 0 aliphatic heterocycles.